The molecule has 2 aromatic rings. The van der Waals surface area contributed by atoms with E-state index >= 15 is 0 Å². The Hall–Kier alpha value is -2.08. The molecule has 0 bridgehead atoms. The van der Waals surface area contributed by atoms with Crippen LogP contribution in [0.1, 0.15) is 29.8 Å². The maximum Gasteiger partial charge on any atom is 0.272 e. The Morgan fingerprint density at radius 1 is 1.60 bits per heavy atom. The second kappa shape index (κ2) is 5.50. The van der Waals surface area contributed by atoms with E-state index < -0.39 is 0 Å². The highest BCUT2D eigenvalue weighted by Crippen LogP contribution is 2.34. The van der Waals surface area contributed by atoms with E-state index in [4.69, 9.17) is 9.52 Å². The first-order chi connectivity index (χ1) is 9.78. The molecule has 1 unspecified atom stereocenters. The van der Waals surface area contributed by atoms with E-state index in [1.54, 1.807) is 24.5 Å². The number of rotatable bonds is 6. The van der Waals surface area contributed by atoms with Crippen molar-refractivity contribution in [3.63, 3.8) is 0 Å². The number of carbonyl (C=O) groups is 1. The summed E-state index contributed by atoms with van der Waals surface area (Å²) >= 11 is 0. The van der Waals surface area contributed by atoms with Crippen LogP contribution < -0.4 is 5.32 Å². The molecule has 6 heteroatoms. The minimum atomic E-state index is -0.218. The molecule has 0 spiro atoms. The van der Waals surface area contributed by atoms with Crippen LogP contribution in [0.4, 0.5) is 0 Å². The van der Waals surface area contributed by atoms with Crippen molar-refractivity contribution in [3.8, 4) is 11.5 Å². The Bertz CT molecular complexity index is 572. The van der Waals surface area contributed by atoms with Crippen molar-refractivity contribution in [2.75, 3.05) is 6.61 Å². The molecular weight excluding hydrogens is 258 g/mol. The van der Waals surface area contributed by atoms with Crippen LogP contribution in [0.2, 0.25) is 0 Å². The third-order valence-electron chi connectivity index (χ3n) is 3.54. The molecule has 0 saturated heterocycles. The zero-order valence-corrected chi connectivity index (χ0v) is 11.0. The topological polar surface area (TPSA) is 91.1 Å². The minimum absolute atomic E-state index is 0.0382. The predicted molar refractivity (Wildman–Crippen MR) is 72.0 cm³/mol. The van der Waals surface area contributed by atoms with Gasteiger partial charge in [0.1, 0.15) is 5.69 Å². The van der Waals surface area contributed by atoms with Gasteiger partial charge in [-0.1, -0.05) is 0 Å². The van der Waals surface area contributed by atoms with Gasteiger partial charge < -0.3 is 14.8 Å². The van der Waals surface area contributed by atoms with E-state index in [2.05, 4.69) is 15.5 Å². The Balaban J connectivity index is 1.67. The van der Waals surface area contributed by atoms with Gasteiger partial charge in [0.25, 0.3) is 5.91 Å². The molecule has 106 valence electrons. The van der Waals surface area contributed by atoms with Crippen LogP contribution in [-0.2, 0) is 0 Å². The Labute approximate surface area is 116 Å². The van der Waals surface area contributed by atoms with Crippen molar-refractivity contribution in [3.05, 3.63) is 30.2 Å². The smallest absolute Gasteiger partial charge is 0.272 e. The van der Waals surface area contributed by atoms with Crippen LogP contribution in [0.15, 0.2) is 28.9 Å². The Kier molecular flexibility index (Phi) is 3.56. The third-order valence-corrected chi connectivity index (χ3v) is 3.54. The average Bonchev–Trinajstić information content (AvgIpc) is 2.94. The molecule has 2 heterocycles. The number of nitrogens with zero attached hydrogens (tertiary/aromatic N) is 1. The van der Waals surface area contributed by atoms with Crippen molar-refractivity contribution in [2.45, 2.75) is 25.3 Å². The third kappa shape index (κ3) is 2.75. The zero-order chi connectivity index (χ0) is 13.9. The molecule has 1 amide bonds. The van der Waals surface area contributed by atoms with Gasteiger partial charge in [0.15, 0.2) is 11.5 Å². The Morgan fingerprint density at radius 3 is 3.10 bits per heavy atom. The van der Waals surface area contributed by atoms with E-state index in [9.17, 15) is 4.79 Å². The number of nitrogens with one attached hydrogen (secondary N) is 2. The number of aliphatic hydroxyl groups excluding tert-OH is 1. The maximum absolute atomic E-state index is 12.1. The largest absolute Gasteiger partial charge is 0.463 e. The summed E-state index contributed by atoms with van der Waals surface area (Å²) in [5.41, 5.74) is 1.00. The predicted octanol–water partition coefficient (Wildman–Crippen LogP) is 1.56. The van der Waals surface area contributed by atoms with Gasteiger partial charge in [0.05, 0.1) is 6.26 Å². The summed E-state index contributed by atoms with van der Waals surface area (Å²) in [6.45, 7) is 0.0830. The summed E-state index contributed by atoms with van der Waals surface area (Å²) in [5, 5.41) is 18.8. The summed E-state index contributed by atoms with van der Waals surface area (Å²) in [7, 11) is 0. The van der Waals surface area contributed by atoms with Gasteiger partial charge in [-0.3, -0.25) is 9.89 Å². The molecule has 1 aliphatic rings. The van der Waals surface area contributed by atoms with Crippen LogP contribution >= 0.6 is 0 Å². The number of aromatic nitrogens is 2. The molecule has 3 rings (SSSR count). The van der Waals surface area contributed by atoms with Crippen LogP contribution in [-0.4, -0.2) is 33.9 Å². The van der Waals surface area contributed by atoms with E-state index in [-0.39, 0.29) is 18.6 Å². The van der Waals surface area contributed by atoms with Crippen LogP contribution in [0.3, 0.4) is 0 Å². The first-order valence-corrected chi connectivity index (χ1v) is 6.79. The molecule has 0 radical (unpaired) electrons. The van der Waals surface area contributed by atoms with Crippen molar-refractivity contribution < 1.29 is 14.3 Å². The standard InChI is InChI=1S/C14H17N3O3/c18-6-5-10(9-3-4-9)15-14(19)12-8-11(16-17-12)13-2-1-7-20-13/h1-2,7-10,18H,3-6H2,(H,15,19)(H,16,17). The fraction of sp³-hybridized carbons (Fsp3) is 0.429. The number of aliphatic hydroxyl groups is 1. The number of amides is 1. The normalized spacial score (nSPS) is 16.1. The fourth-order valence-electron chi connectivity index (χ4n) is 2.30. The lowest BCUT2D eigenvalue weighted by molar-refractivity contribution is 0.0919. The summed E-state index contributed by atoms with van der Waals surface area (Å²) in [5.74, 6) is 0.921. The summed E-state index contributed by atoms with van der Waals surface area (Å²) in [4.78, 5) is 12.1. The molecule has 1 atom stereocenters. The summed E-state index contributed by atoms with van der Waals surface area (Å²) in [6.07, 6.45) is 4.39. The fourth-order valence-corrected chi connectivity index (χ4v) is 2.30. The molecule has 1 aliphatic carbocycles. The molecule has 0 aromatic carbocycles. The molecular formula is C14H17N3O3. The second-order valence-corrected chi connectivity index (χ2v) is 5.07. The molecule has 6 nitrogen and oxygen atoms in total. The molecule has 1 fully saturated rings. The van der Waals surface area contributed by atoms with E-state index in [1.165, 1.54) is 0 Å². The number of hydrogen-bond acceptors (Lipinski definition) is 4. The SMILES string of the molecule is O=C(NC(CCO)C1CC1)c1cc(-c2ccco2)[nH]n1. The van der Waals surface area contributed by atoms with Crippen LogP contribution in [0.25, 0.3) is 11.5 Å². The summed E-state index contributed by atoms with van der Waals surface area (Å²) in [6, 6.07) is 5.28. The highest BCUT2D eigenvalue weighted by molar-refractivity contribution is 5.93. The number of H-pyrrole nitrogens is 1. The minimum Gasteiger partial charge on any atom is -0.463 e. The molecule has 3 N–H and O–H groups in total. The van der Waals surface area contributed by atoms with Gasteiger partial charge in [-0.2, -0.15) is 5.10 Å². The lowest BCUT2D eigenvalue weighted by Gasteiger charge is -2.15. The van der Waals surface area contributed by atoms with Gasteiger partial charge in [0.2, 0.25) is 0 Å². The van der Waals surface area contributed by atoms with Gasteiger partial charge in [-0.05, 0) is 37.3 Å². The molecule has 20 heavy (non-hydrogen) atoms. The van der Waals surface area contributed by atoms with E-state index in [0.29, 0.717) is 29.5 Å². The number of carbonyl (C=O) groups excluding carboxylic acids is 1. The monoisotopic (exact) mass is 275 g/mol. The van der Waals surface area contributed by atoms with Crippen LogP contribution in [0.5, 0.6) is 0 Å². The number of hydrogen-bond donors (Lipinski definition) is 3. The number of furan rings is 1. The van der Waals surface area contributed by atoms with Crippen molar-refractivity contribution in [1.82, 2.24) is 15.5 Å². The molecule has 0 aliphatic heterocycles. The molecule has 1 saturated carbocycles. The van der Waals surface area contributed by atoms with Gasteiger partial charge >= 0.3 is 0 Å². The zero-order valence-electron chi connectivity index (χ0n) is 11.0. The van der Waals surface area contributed by atoms with Crippen LogP contribution in [0, 0.1) is 5.92 Å². The highest BCUT2D eigenvalue weighted by Gasteiger charge is 2.32. The van der Waals surface area contributed by atoms with E-state index in [0.717, 1.165) is 12.8 Å². The average molecular weight is 275 g/mol. The van der Waals surface area contributed by atoms with Gasteiger partial charge in [-0.25, -0.2) is 0 Å². The lowest BCUT2D eigenvalue weighted by Crippen LogP contribution is -2.37. The first kappa shape index (κ1) is 12.9. The van der Waals surface area contributed by atoms with Gasteiger partial charge in [-0.15, -0.1) is 0 Å². The lowest BCUT2D eigenvalue weighted by atomic mass is 10.1. The molecule has 2 aromatic heterocycles. The quantitative estimate of drug-likeness (QED) is 0.746. The first-order valence-electron chi connectivity index (χ1n) is 6.79. The maximum atomic E-state index is 12.1. The summed E-state index contributed by atoms with van der Waals surface area (Å²) < 4.78 is 5.24. The van der Waals surface area contributed by atoms with Crippen molar-refractivity contribution >= 4 is 5.91 Å². The van der Waals surface area contributed by atoms with E-state index in [1.807, 2.05) is 0 Å². The van der Waals surface area contributed by atoms with Gasteiger partial charge in [0, 0.05) is 18.7 Å². The van der Waals surface area contributed by atoms with Crippen molar-refractivity contribution in [2.24, 2.45) is 5.92 Å². The Morgan fingerprint density at radius 2 is 2.45 bits per heavy atom. The number of aromatic amines is 1. The van der Waals surface area contributed by atoms with Crippen molar-refractivity contribution in [1.29, 1.82) is 0 Å². The highest BCUT2D eigenvalue weighted by atomic mass is 16.3. The second-order valence-electron chi connectivity index (χ2n) is 5.07.